The Balaban J connectivity index is 1.27. The third-order valence-corrected chi connectivity index (χ3v) is 9.05. The number of benzene rings is 1. The lowest BCUT2D eigenvalue weighted by Gasteiger charge is -2.30. The number of sulfonamides is 1. The van der Waals surface area contributed by atoms with E-state index < -0.39 is 16.1 Å². The molecular weight excluding hydrogens is 530 g/mol. The van der Waals surface area contributed by atoms with Gasteiger partial charge in [-0.1, -0.05) is 0 Å². The summed E-state index contributed by atoms with van der Waals surface area (Å²) in [4.78, 5) is 19.2. The fourth-order valence-electron chi connectivity index (χ4n) is 5.54. The molecule has 5 heterocycles. The van der Waals surface area contributed by atoms with Gasteiger partial charge in [0.25, 0.3) is 0 Å². The van der Waals surface area contributed by atoms with Crippen molar-refractivity contribution in [3.63, 3.8) is 0 Å². The number of pyridine rings is 1. The molecule has 0 spiro atoms. The van der Waals surface area contributed by atoms with Gasteiger partial charge in [-0.3, -0.25) is 4.68 Å². The van der Waals surface area contributed by atoms with Crippen LogP contribution in [0.4, 0.5) is 17.2 Å². The number of carbonyl (C=O) groups is 1. The summed E-state index contributed by atoms with van der Waals surface area (Å²) in [5.41, 5.74) is 5.30. The highest BCUT2D eigenvalue weighted by Gasteiger charge is 2.27. The summed E-state index contributed by atoms with van der Waals surface area (Å²) in [7, 11) is -3.18. The van der Waals surface area contributed by atoms with Crippen molar-refractivity contribution in [3.8, 4) is 11.3 Å². The lowest BCUT2D eigenvalue weighted by molar-refractivity contribution is -0.109. The van der Waals surface area contributed by atoms with Crippen molar-refractivity contribution in [2.24, 2.45) is 0 Å². The molecule has 11 nitrogen and oxygen atoms in total. The van der Waals surface area contributed by atoms with Crippen molar-refractivity contribution in [2.75, 3.05) is 55.9 Å². The monoisotopic (exact) mass is 563 g/mol. The number of fused-ring (bicyclic) bond motifs is 1. The van der Waals surface area contributed by atoms with Gasteiger partial charge in [-0.05, 0) is 61.0 Å². The fourth-order valence-corrected chi connectivity index (χ4v) is 6.41. The Labute approximate surface area is 233 Å². The highest BCUT2D eigenvalue weighted by atomic mass is 32.2. The molecule has 210 valence electrons. The van der Waals surface area contributed by atoms with E-state index in [1.807, 2.05) is 35.2 Å². The number of ether oxygens (including phenoxy) is 1. The second-order valence-electron chi connectivity index (χ2n) is 10.3. The third-order valence-electron chi connectivity index (χ3n) is 7.75. The van der Waals surface area contributed by atoms with Gasteiger partial charge < -0.3 is 25.1 Å². The minimum Gasteiger partial charge on any atom is -0.378 e. The summed E-state index contributed by atoms with van der Waals surface area (Å²) in [6.45, 7) is 4.17. The van der Waals surface area contributed by atoms with Crippen LogP contribution in [-0.2, 0) is 19.6 Å². The SMILES string of the molecule is CS(=O)(=O)N1CCC(n2cc(-c3cc4c(c(Nc5ccc(N6CCOCC6)cc5)n3)C(C=O)NC=C4)cn2)CC1. The molecule has 0 saturated carbocycles. The molecule has 2 aromatic heterocycles. The van der Waals surface area contributed by atoms with E-state index in [-0.39, 0.29) is 6.04 Å². The lowest BCUT2D eigenvalue weighted by Crippen LogP contribution is -2.38. The summed E-state index contributed by atoms with van der Waals surface area (Å²) in [6.07, 6.45) is 11.0. The zero-order valence-corrected chi connectivity index (χ0v) is 23.2. The Hall–Kier alpha value is -3.74. The van der Waals surface area contributed by atoms with Gasteiger partial charge in [-0.15, -0.1) is 0 Å². The van der Waals surface area contributed by atoms with E-state index in [4.69, 9.17) is 9.72 Å². The molecule has 1 atom stereocenters. The van der Waals surface area contributed by atoms with Crippen LogP contribution in [0.1, 0.15) is 36.1 Å². The fraction of sp³-hybridized carbons (Fsp3) is 0.393. The molecule has 2 fully saturated rings. The number of anilines is 3. The molecular formula is C28H33N7O4S. The highest BCUT2D eigenvalue weighted by molar-refractivity contribution is 7.88. The number of nitrogens with zero attached hydrogens (tertiary/aromatic N) is 5. The molecule has 40 heavy (non-hydrogen) atoms. The Bertz CT molecular complexity index is 1510. The zero-order valence-electron chi connectivity index (χ0n) is 22.4. The second-order valence-corrected chi connectivity index (χ2v) is 12.3. The van der Waals surface area contributed by atoms with Crippen molar-refractivity contribution in [1.29, 1.82) is 0 Å². The molecule has 0 aliphatic carbocycles. The van der Waals surface area contributed by atoms with Crippen LogP contribution in [0.5, 0.6) is 0 Å². The van der Waals surface area contributed by atoms with E-state index in [0.717, 1.165) is 66.3 Å². The zero-order chi connectivity index (χ0) is 27.7. The Morgan fingerprint density at radius 2 is 1.85 bits per heavy atom. The molecule has 3 aliphatic rings. The van der Waals surface area contributed by atoms with Crippen LogP contribution in [0.2, 0.25) is 0 Å². The highest BCUT2D eigenvalue weighted by Crippen LogP contribution is 2.35. The van der Waals surface area contributed by atoms with E-state index in [0.29, 0.717) is 31.7 Å². The van der Waals surface area contributed by atoms with Crippen LogP contribution < -0.4 is 15.5 Å². The van der Waals surface area contributed by atoms with Gasteiger partial charge in [0.05, 0.1) is 37.4 Å². The number of carbonyl (C=O) groups excluding carboxylic acids is 1. The van der Waals surface area contributed by atoms with Crippen molar-refractivity contribution in [1.82, 2.24) is 24.4 Å². The molecule has 3 aliphatic heterocycles. The number of rotatable bonds is 7. The number of hydrogen-bond donors (Lipinski definition) is 2. The van der Waals surface area contributed by atoms with E-state index >= 15 is 0 Å². The van der Waals surface area contributed by atoms with Crippen LogP contribution >= 0.6 is 0 Å². The van der Waals surface area contributed by atoms with Crippen LogP contribution in [0.15, 0.2) is 48.9 Å². The van der Waals surface area contributed by atoms with Gasteiger partial charge in [0.1, 0.15) is 18.1 Å². The minimum absolute atomic E-state index is 0.121. The van der Waals surface area contributed by atoms with Gasteiger partial charge in [0, 0.05) is 54.9 Å². The molecule has 1 aromatic carbocycles. The average Bonchev–Trinajstić information content (AvgIpc) is 3.48. The molecule has 2 saturated heterocycles. The Kier molecular flexibility index (Phi) is 7.30. The smallest absolute Gasteiger partial charge is 0.211 e. The molecule has 0 bridgehead atoms. The summed E-state index contributed by atoms with van der Waals surface area (Å²) >= 11 is 0. The summed E-state index contributed by atoms with van der Waals surface area (Å²) < 4.78 is 32.7. The van der Waals surface area contributed by atoms with Gasteiger partial charge in [0.15, 0.2) is 0 Å². The molecule has 1 unspecified atom stereocenters. The largest absolute Gasteiger partial charge is 0.378 e. The number of aldehydes is 1. The number of piperidine rings is 1. The minimum atomic E-state index is -3.18. The first kappa shape index (κ1) is 26.5. The normalized spacial score (nSPS) is 20.1. The number of nitrogens with one attached hydrogen (secondary N) is 2. The van der Waals surface area contributed by atoms with E-state index in [9.17, 15) is 13.2 Å². The van der Waals surface area contributed by atoms with E-state index in [1.54, 1.807) is 12.4 Å². The van der Waals surface area contributed by atoms with Gasteiger partial charge in [0.2, 0.25) is 10.0 Å². The van der Waals surface area contributed by atoms with Crippen LogP contribution in [0, 0.1) is 0 Å². The van der Waals surface area contributed by atoms with E-state index in [1.165, 1.54) is 10.6 Å². The maximum Gasteiger partial charge on any atom is 0.211 e. The molecule has 0 amide bonds. The summed E-state index contributed by atoms with van der Waals surface area (Å²) in [5, 5.41) is 11.2. The maximum absolute atomic E-state index is 11.9. The number of hydrogen-bond acceptors (Lipinski definition) is 9. The quantitative estimate of drug-likeness (QED) is 0.418. The maximum atomic E-state index is 11.9. The van der Waals surface area contributed by atoms with Crippen molar-refractivity contribution in [3.05, 3.63) is 60.1 Å². The van der Waals surface area contributed by atoms with Crippen LogP contribution in [0.3, 0.4) is 0 Å². The van der Waals surface area contributed by atoms with Crippen molar-refractivity contribution in [2.45, 2.75) is 24.9 Å². The second kappa shape index (κ2) is 11.0. The van der Waals surface area contributed by atoms with E-state index in [2.05, 4.69) is 32.8 Å². The first-order valence-electron chi connectivity index (χ1n) is 13.5. The van der Waals surface area contributed by atoms with Gasteiger partial charge in [-0.25, -0.2) is 17.7 Å². The number of aromatic nitrogens is 3. The van der Waals surface area contributed by atoms with Crippen LogP contribution in [0.25, 0.3) is 17.3 Å². The third kappa shape index (κ3) is 5.47. The Morgan fingerprint density at radius 1 is 1.10 bits per heavy atom. The molecule has 0 radical (unpaired) electrons. The standard InChI is InChI=1S/C28H33N7O4S/c1-40(37,38)34-10-7-24(8-11-34)35-18-21(17-30-35)25-16-20-6-9-29-26(19-36)27(20)28(32-25)31-22-2-4-23(5-3-22)33-12-14-39-15-13-33/h2-6,9,16-19,24,26,29H,7-8,10-15H2,1H3,(H,31,32). The van der Waals surface area contributed by atoms with Gasteiger partial charge >= 0.3 is 0 Å². The van der Waals surface area contributed by atoms with Crippen molar-refractivity contribution < 1.29 is 17.9 Å². The number of morpholine rings is 1. The summed E-state index contributed by atoms with van der Waals surface area (Å²) in [5.74, 6) is 0.606. The van der Waals surface area contributed by atoms with Gasteiger partial charge in [-0.2, -0.15) is 5.10 Å². The molecule has 2 N–H and O–H groups in total. The molecule has 12 heteroatoms. The van der Waals surface area contributed by atoms with Crippen molar-refractivity contribution >= 4 is 39.6 Å². The lowest BCUT2D eigenvalue weighted by atomic mass is 9.97. The predicted molar refractivity (Wildman–Crippen MR) is 154 cm³/mol. The van der Waals surface area contributed by atoms with Crippen LogP contribution in [-0.4, -0.2) is 79.4 Å². The molecule has 6 rings (SSSR count). The predicted octanol–water partition coefficient (Wildman–Crippen LogP) is 2.94. The summed E-state index contributed by atoms with van der Waals surface area (Å²) in [6, 6.07) is 9.79. The Morgan fingerprint density at radius 3 is 2.55 bits per heavy atom. The topological polar surface area (TPSA) is 122 Å². The average molecular weight is 564 g/mol. The first-order valence-corrected chi connectivity index (χ1v) is 15.4. The molecule has 3 aromatic rings. The first-order chi connectivity index (χ1) is 19.4.